The van der Waals surface area contributed by atoms with Crippen molar-refractivity contribution >= 4 is 16.6 Å². The molecule has 0 spiro atoms. The molecule has 0 unspecified atom stereocenters. The van der Waals surface area contributed by atoms with Crippen molar-refractivity contribution in [3.05, 3.63) is 66.1 Å². The second-order valence-corrected chi connectivity index (χ2v) is 5.03. The van der Waals surface area contributed by atoms with E-state index in [4.69, 9.17) is 5.73 Å². The third kappa shape index (κ3) is 3.35. The van der Waals surface area contributed by atoms with Crippen LogP contribution in [0.1, 0.15) is 11.1 Å². The number of hydrogen-bond acceptors (Lipinski definition) is 4. The maximum absolute atomic E-state index is 5.86. The highest BCUT2D eigenvalue weighted by molar-refractivity contribution is 5.91. The zero-order chi connectivity index (χ0) is 14.5. The van der Waals surface area contributed by atoms with Gasteiger partial charge in [0.05, 0.1) is 0 Å². The molecule has 0 radical (unpaired) electrons. The SMILES string of the molecule is Nc1nccc2cc(CNCCc3ccncc3)ccc12. The van der Waals surface area contributed by atoms with Gasteiger partial charge in [-0.1, -0.05) is 12.1 Å². The van der Waals surface area contributed by atoms with Crippen LogP contribution in [0.3, 0.4) is 0 Å². The molecule has 3 N–H and O–H groups in total. The van der Waals surface area contributed by atoms with Gasteiger partial charge in [-0.05, 0) is 53.7 Å². The van der Waals surface area contributed by atoms with Gasteiger partial charge in [0.15, 0.2) is 0 Å². The van der Waals surface area contributed by atoms with E-state index in [1.807, 2.05) is 36.7 Å². The van der Waals surface area contributed by atoms with Crippen LogP contribution in [0, 0.1) is 0 Å². The number of anilines is 1. The summed E-state index contributed by atoms with van der Waals surface area (Å²) >= 11 is 0. The summed E-state index contributed by atoms with van der Waals surface area (Å²) in [6.07, 6.45) is 6.42. The van der Waals surface area contributed by atoms with Gasteiger partial charge in [0.1, 0.15) is 5.82 Å². The van der Waals surface area contributed by atoms with Gasteiger partial charge in [0, 0.05) is 30.5 Å². The van der Waals surface area contributed by atoms with E-state index < -0.39 is 0 Å². The first-order chi connectivity index (χ1) is 10.3. The van der Waals surface area contributed by atoms with Crippen molar-refractivity contribution in [2.24, 2.45) is 0 Å². The van der Waals surface area contributed by atoms with Crippen LogP contribution in [0.25, 0.3) is 10.8 Å². The Hall–Kier alpha value is -2.46. The molecule has 2 heterocycles. The van der Waals surface area contributed by atoms with Crippen LogP contribution < -0.4 is 11.1 Å². The molecule has 3 aromatic rings. The maximum Gasteiger partial charge on any atom is 0.131 e. The number of benzene rings is 1. The van der Waals surface area contributed by atoms with Gasteiger partial charge in [0.2, 0.25) is 0 Å². The molecular formula is C17H18N4. The number of nitrogens with two attached hydrogens (primary N) is 1. The third-order valence-electron chi connectivity index (χ3n) is 3.53. The van der Waals surface area contributed by atoms with E-state index in [9.17, 15) is 0 Å². The molecule has 0 amide bonds. The fourth-order valence-corrected chi connectivity index (χ4v) is 2.38. The molecule has 1 aromatic carbocycles. The van der Waals surface area contributed by atoms with E-state index in [1.54, 1.807) is 6.20 Å². The van der Waals surface area contributed by atoms with E-state index >= 15 is 0 Å². The van der Waals surface area contributed by atoms with Gasteiger partial charge < -0.3 is 11.1 Å². The second kappa shape index (κ2) is 6.33. The van der Waals surface area contributed by atoms with Gasteiger partial charge in [-0.15, -0.1) is 0 Å². The Morgan fingerprint density at radius 3 is 2.67 bits per heavy atom. The molecule has 4 nitrogen and oxygen atoms in total. The molecule has 2 aromatic heterocycles. The number of pyridine rings is 2. The first kappa shape index (κ1) is 13.5. The van der Waals surface area contributed by atoms with E-state index in [-0.39, 0.29) is 0 Å². The summed E-state index contributed by atoms with van der Waals surface area (Å²) in [7, 11) is 0. The van der Waals surface area contributed by atoms with Gasteiger partial charge in [-0.2, -0.15) is 0 Å². The molecule has 4 heteroatoms. The fraction of sp³-hybridized carbons (Fsp3) is 0.176. The lowest BCUT2D eigenvalue weighted by Gasteiger charge is -2.07. The monoisotopic (exact) mass is 278 g/mol. The number of fused-ring (bicyclic) bond motifs is 1. The number of hydrogen-bond donors (Lipinski definition) is 2. The Labute approximate surface area is 124 Å². The third-order valence-corrected chi connectivity index (χ3v) is 3.53. The molecule has 0 saturated heterocycles. The van der Waals surface area contributed by atoms with Crippen LogP contribution >= 0.6 is 0 Å². The molecule has 0 aliphatic heterocycles. The first-order valence-corrected chi connectivity index (χ1v) is 7.06. The zero-order valence-electron chi connectivity index (χ0n) is 11.8. The summed E-state index contributed by atoms with van der Waals surface area (Å²) in [6.45, 7) is 1.80. The van der Waals surface area contributed by atoms with Crippen molar-refractivity contribution in [3.63, 3.8) is 0 Å². The average molecular weight is 278 g/mol. The van der Waals surface area contributed by atoms with Crippen LogP contribution in [0.2, 0.25) is 0 Å². The highest BCUT2D eigenvalue weighted by Gasteiger charge is 2.00. The summed E-state index contributed by atoms with van der Waals surface area (Å²) in [4.78, 5) is 8.12. The van der Waals surface area contributed by atoms with Gasteiger partial charge in [-0.25, -0.2) is 4.98 Å². The van der Waals surface area contributed by atoms with Crippen molar-refractivity contribution in [1.29, 1.82) is 0 Å². The number of nitrogen functional groups attached to an aromatic ring is 1. The number of nitrogens with one attached hydrogen (secondary N) is 1. The Kier molecular flexibility index (Phi) is 4.07. The molecule has 21 heavy (non-hydrogen) atoms. The van der Waals surface area contributed by atoms with Crippen molar-refractivity contribution in [2.75, 3.05) is 12.3 Å². The molecule has 106 valence electrons. The first-order valence-electron chi connectivity index (χ1n) is 7.06. The lowest BCUT2D eigenvalue weighted by atomic mass is 10.1. The minimum atomic E-state index is 0.588. The van der Waals surface area contributed by atoms with E-state index in [1.165, 1.54) is 11.1 Å². The number of rotatable bonds is 5. The standard InChI is InChI=1S/C17H18N4/c18-17-16-2-1-14(11-15(16)6-10-21-17)12-20-9-5-13-3-7-19-8-4-13/h1-4,6-8,10-11,20H,5,9,12H2,(H2,18,21). The van der Waals surface area contributed by atoms with Crippen molar-refractivity contribution < 1.29 is 0 Å². The van der Waals surface area contributed by atoms with Gasteiger partial charge >= 0.3 is 0 Å². The normalized spacial score (nSPS) is 10.9. The summed E-state index contributed by atoms with van der Waals surface area (Å²) in [5.41, 5.74) is 8.41. The zero-order valence-corrected chi connectivity index (χ0v) is 11.8. The maximum atomic E-state index is 5.86. The molecule has 0 saturated carbocycles. The smallest absolute Gasteiger partial charge is 0.131 e. The van der Waals surface area contributed by atoms with Crippen LogP contribution in [-0.4, -0.2) is 16.5 Å². The van der Waals surface area contributed by atoms with Gasteiger partial charge in [0.25, 0.3) is 0 Å². The van der Waals surface area contributed by atoms with Crippen LogP contribution in [0.15, 0.2) is 55.0 Å². The van der Waals surface area contributed by atoms with Gasteiger partial charge in [-0.3, -0.25) is 4.98 Å². The highest BCUT2D eigenvalue weighted by atomic mass is 14.8. The summed E-state index contributed by atoms with van der Waals surface area (Å²) in [5, 5.41) is 5.61. The van der Waals surface area contributed by atoms with Crippen molar-refractivity contribution in [3.8, 4) is 0 Å². The molecule has 0 atom stereocenters. The topological polar surface area (TPSA) is 63.8 Å². The van der Waals surface area contributed by atoms with Crippen molar-refractivity contribution in [1.82, 2.24) is 15.3 Å². The fourth-order valence-electron chi connectivity index (χ4n) is 2.38. The molecule has 0 fully saturated rings. The summed E-state index contributed by atoms with van der Waals surface area (Å²) < 4.78 is 0. The molecule has 3 rings (SSSR count). The van der Waals surface area contributed by atoms with Crippen LogP contribution in [0.4, 0.5) is 5.82 Å². The second-order valence-electron chi connectivity index (χ2n) is 5.03. The Morgan fingerprint density at radius 2 is 1.81 bits per heavy atom. The minimum Gasteiger partial charge on any atom is -0.383 e. The average Bonchev–Trinajstić information content (AvgIpc) is 2.53. The quantitative estimate of drug-likeness (QED) is 0.704. The van der Waals surface area contributed by atoms with E-state index in [0.29, 0.717) is 5.82 Å². The molecule has 0 aliphatic carbocycles. The summed E-state index contributed by atoms with van der Waals surface area (Å²) in [5.74, 6) is 0.588. The van der Waals surface area contributed by atoms with Crippen molar-refractivity contribution in [2.45, 2.75) is 13.0 Å². The van der Waals surface area contributed by atoms with Crippen LogP contribution in [0.5, 0.6) is 0 Å². The number of nitrogens with zero attached hydrogens (tertiary/aromatic N) is 2. The van der Waals surface area contributed by atoms with Crippen LogP contribution in [-0.2, 0) is 13.0 Å². The Morgan fingerprint density at radius 1 is 0.952 bits per heavy atom. The predicted molar refractivity (Wildman–Crippen MR) is 85.8 cm³/mol. The highest BCUT2D eigenvalue weighted by Crippen LogP contribution is 2.19. The lowest BCUT2D eigenvalue weighted by molar-refractivity contribution is 0.687. The molecule has 0 aliphatic rings. The lowest BCUT2D eigenvalue weighted by Crippen LogP contribution is -2.16. The Bertz CT molecular complexity index is 725. The number of aromatic nitrogens is 2. The predicted octanol–water partition coefficient (Wildman–Crippen LogP) is 2.54. The molecular weight excluding hydrogens is 260 g/mol. The van der Waals surface area contributed by atoms with E-state index in [0.717, 1.165) is 30.3 Å². The largest absolute Gasteiger partial charge is 0.383 e. The Balaban J connectivity index is 1.58. The summed E-state index contributed by atoms with van der Waals surface area (Å²) in [6, 6.07) is 12.4. The minimum absolute atomic E-state index is 0.588. The molecule has 0 bridgehead atoms. The van der Waals surface area contributed by atoms with E-state index in [2.05, 4.69) is 27.4 Å².